The van der Waals surface area contributed by atoms with Crippen molar-refractivity contribution in [3.63, 3.8) is 0 Å². The molecule has 0 radical (unpaired) electrons. The van der Waals surface area contributed by atoms with Crippen LogP contribution in [0.2, 0.25) is 0 Å². The molecule has 1 aromatic rings. The Morgan fingerprint density at radius 2 is 1.75 bits per heavy atom. The smallest absolute Gasteiger partial charge is 0.0400 e. The predicted octanol–water partition coefficient (Wildman–Crippen LogP) is 2.93. The molecule has 0 bridgehead atoms. The first-order chi connectivity index (χ1) is 9.63. The van der Waals surface area contributed by atoms with Crippen molar-refractivity contribution in [3.8, 4) is 0 Å². The fourth-order valence-corrected chi connectivity index (χ4v) is 3.24. The van der Waals surface area contributed by atoms with Gasteiger partial charge in [-0.3, -0.25) is 4.90 Å². The Kier molecular flexibility index (Phi) is 5.87. The second kappa shape index (κ2) is 7.43. The quantitative estimate of drug-likeness (QED) is 0.837. The summed E-state index contributed by atoms with van der Waals surface area (Å²) in [5, 5.41) is 0. The predicted molar refractivity (Wildman–Crippen MR) is 90.6 cm³/mol. The second-order valence-electron chi connectivity index (χ2n) is 5.64. The van der Waals surface area contributed by atoms with Crippen molar-refractivity contribution < 1.29 is 0 Å². The molecule has 0 spiro atoms. The summed E-state index contributed by atoms with van der Waals surface area (Å²) in [6.45, 7) is 11.0. The molecule has 3 nitrogen and oxygen atoms in total. The summed E-state index contributed by atoms with van der Waals surface area (Å²) in [6, 6.07) is 4.42. The minimum Gasteiger partial charge on any atom is -0.369 e. The van der Waals surface area contributed by atoms with E-state index < -0.39 is 0 Å². The van der Waals surface area contributed by atoms with Crippen molar-refractivity contribution in [1.29, 1.82) is 0 Å². The number of nitrogens with zero attached hydrogens (tertiary/aromatic N) is 2. The number of nitrogens with two attached hydrogens (primary N) is 1. The van der Waals surface area contributed by atoms with Gasteiger partial charge in [0.1, 0.15) is 0 Å². The molecular weight excluding hydrogens is 314 g/mol. The number of anilines is 1. The molecule has 1 saturated heterocycles. The average Bonchev–Trinajstić information content (AvgIpc) is 2.46. The number of benzene rings is 1. The number of unbranched alkanes of at least 4 members (excludes halogenated alkanes) is 1. The SMILES string of the molecule is Cc1c(Br)ccc(N2CCN(CCCCN)CC2)c1C. The first-order valence-electron chi connectivity index (χ1n) is 7.56. The van der Waals surface area contributed by atoms with Crippen LogP contribution in [0.1, 0.15) is 24.0 Å². The first kappa shape index (κ1) is 15.8. The Balaban J connectivity index is 1.92. The Hall–Kier alpha value is -0.580. The summed E-state index contributed by atoms with van der Waals surface area (Å²) in [4.78, 5) is 5.08. The van der Waals surface area contributed by atoms with E-state index in [9.17, 15) is 0 Å². The van der Waals surface area contributed by atoms with E-state index >= 15 is 0 Å². The summed E-state index contributed by atoms with van der Waals surface area (Å²) in [7, 11) is 0. The summed E-state index contributed by atoms with van der Waals surface area (Å²) in [5.41, 5.74) is 9.70. The lowest BCUT2D eigenvalue weighted by molar-refractivity contribution is 0.253. The topological polar surface area (TPSA) is 32.5 Å². The summed E-state index contributed by atoms with van der Waals surface area (Å²) in [6.07, 6.45) is 2.37. The molecule has 1 aliphatic rings. The fourth-order valence-electron chi connectivity index (χ4n) is 2.81. The summed E-state index contributed by atoms with van der Waals surface area (Å²) < 4.78 is 1.21. The molecule has 1 fully saturated rings. The zero-order chi connectivity index (χ0) is 14.5. The Morgan fingerprint density at radius 1 is 1.05 bits per heavy atom. The van der Waals surface area contributed by atoms with Gasteiger partial charge in [-0.15, -0.1) is 0 Å². The maximum atomic E-state index is 5.55. The van der Waals surface area contributed by atoms with Gasteiger partial charge in [-0.25, -0.2) is 0 Å². The second-order valence-corrected chi connectivity index (χ2v) is 6.50. The van der Waals surface area contributed by atoms with Crippen LogP contribution in [0.5, 0.6) is 0 Å². The number of halogens is 1. The largest absolute Gasteiger partial charge is 0.369 e. The summed E-state index contributed by atoms with van der Waals surface area (Å²) >= 11 is 3.61. The van der Waals surface area contributed by atoms with Gasteiger partial charge in [0.2, 0.25) is 0 Å². The van der Waals surface area contributed by atoms with Crippen molar-refractivity contribution in [2.45, 2.75) is 26.7 Å². The van der Waals surface area contributed by atoms with Crippen LogP contribution in [0.15, 0.2) is 16.6 Å². The molecule has 1 aliphatic heterocycles. The number of hydrogen-bond acceptors (Lipinski definition) is 3. The molecule has 0 unspecified atom stereocenters. The van der Waals surface area contributed by atoms with Gasteiger partial charge >= 0.3 is 0 Å². The summed E-state index contributed by atoms with van der Waals surface area (Å²) in [5.74, 6) is 0. The van der Waals surface area contributed by atoms with Gasteiger partial charge in [0.05, 0.1) is 0 Å². The van der Waals surface area contributed by atoms with E-state index in [1.807, 2.05) is 0 Å². The van der Waals surface area contributed by atoms with E-state index in [0.717, 1.165) is 26.1 Å². The highest BCUT2D eigenvalue weighted by molar-refractivity contribution is 9.10. The van der Waals surface area contributed by atoms with E-state index in [2.05, 4.69) is 51.7 Å². The molecule has 0 aliphatic carbocycles. The van der Waals surface area contributed by atoms with Crippen LogP contribution < -0.4 is 10.6 Å². The molecular formula is C16H26BrN3. The van der Waals surface area contributed by atoms with Gasteiger partial charge in [0.15, 0.2) is 0 Å². The van der Waals surface area contributed by atoms with Crippen molar-refractivity contribution in [1.82, 2.24) is 4.90 Å². The lowest BCUT2D eigenvalue weighted by Gasteiger charge is -2.37. The number of piperazine rings is 1. The minimum atomic E-state index is 0.817. The minimum absolute atomic E-state index is 0.817. The molecule has 20 heavy (non-hydrogen) atoms. The monoisotopic (exact) mass is 339 g/mol. The van der Waals surface area contributed by atoms with Crippen molar-refractivity contribution in [2.75, 3.05) is 44.2 Å². The molecule has 0 aromatic heterocycles. The van der Waals surface area contributed by atoms with E-state index in [0.29, 0.717) is 0 Å². The van der Waals surface area contributed by atoms with Gasteiger partial charge in [-0.2, -0.15) is 0 Å². The molecule has 0 amide bonds. The van der Waals surface area contributed by atoms with Crippen LogP contribution in [0.4, 0.5) is 5.69 Å². The first-order valence-corrected chi connectivity index (χ1v) is 8.36. The standard InChI is InChI=1S/C16H26BrN3/c1-13-14(2)16(6-5-15(13)17)20-11-9-19(10-12-20)8-4-3-7-18/h5-6H,3-4,7-12,18H2,1-2H3. The van der Waals surface area contributed by atoms with E-state index in [1.165, 1.54) is 47.3 Å². The molecule has 1 aromatic carbocycles. The van der Waals surface area contributed by atoms with E-state index in [-0.39, 0.29) is 0 Å². The molecule has 1 heterocycles. The van der Waals surface area contributed by atoms with Gasteiger partial charge in [0, 0.05) is 36.3 Å². The highest BCUT2D eigenvalue weighted by atomic mass is 79.9. The molecule has 112 valence electrons. The van der Waals surface area contributed by atoms with E-state index in [1.54, 1.807) is 0 Å². The lowest BCUT2D eigenvalue weighted by Crippen LogP contribution is -2.46. The van der Waals surface area contributed by atoms with Gasteiger partial charge in [-0.05, 0) is 63.0 Å². The van der Waals surface area contributed by atoms with Crippen LogP contribution in [0, 0.1) is 13.8 Å². The molecule has 2 rings (SSSR count). The normalized spacial score (nSPS) is 16.7. The molecule has 0 saturated carbocycles. The fraction of sp³-hybridized carbons (Fsp3) is 0.625. The Bertz CT molecular complexity index is 440. The van der Waals surface area contributed by atoms with Crippen LogP contribution in [-0.4, -0.2) is 44.2 Å². The highest BCUT2D eigenvalue weighted by Crippen LogP contribution is 2.29. The zero-order valence-electron chi connectivity index (χ0n) is 12.7. The van der Waals surface area contributed by atoms with Gasteiger partial charge in [0.25, 0.3) is 0 Å². The zero-order valence-corrected chi connectivity index (χ0v) is 14.2. The maximum Gasteiger partial charge on any atom is 0.0400 e. The van der Waals surface area contributed by atoms with E-state index in [4.69, 9.17) is 5.73 Å². The Labute approximate surface area is 131 Å². The Morgan fingerprint density at radius 3 is 2.40 bits per heavy atom. The lowest BCUT2D eigenvalue weighted by atomic mass is 10.1. The van der Waals surface area contributed by atoms with Crippen LogP contribution in [-0.2, 0) is 0 Å². The van der Waals surface area contributed by atoms with Crippen LogP contribution in [0.25, 0.3) is 0 Å². The molecule has 0 atom stereocenters. The highest BCUT2D eigenvalue weighted by Gasteiger charge is 2.18. The average molecular weight is 340 g/mol. The van der Waals surface area contributed by atoms with Gasteiger partial charge < -0.3 is 10.6 Å². The third kappa shape index (κ3) is 3.74. The van der Waals surface area contributed by atoms with Gasteiger partial charge in [-0.1, -0.05) is 15.9 Å². The van der Waals surface area contributed by atoms with Crippen LogP contribution >= 0.6 is 15.9 Å². The van der Waals surface area contributed by atoms with Crippen LogP contribution in [0.3, 0.4) is 0 Å². The maximum absolute atomic E-state index is 5.55. The molecule has 2 N–H and O–H groups in total. The third-order valence-corrected chi connectivity index (χ3v) is 5.19. The van der Waals surface area contributed by atoms with Crippen molar-refractivity contribution in [2.24, 2.45) is 5.73 Å². The third-order valence-electron chi connectivity index (χ3n) is 4.33. The molecule has 4 heteroatoms. The number of hydrogen-bond donors (Lipinski definition) is 1. The van der Waals surface area contributed by atoms with Crippen molar-refractivity contribution >= 4 is 21.6 Å². The number of rotatable bonds is 5. The van der Waals surface area contributed by atoms with Crippen molar-refractivity contribution in [3.05, 3.63) is 27.7 Å².